The molecule has 0 fully saturated rings. The van der Waals surface area contributed by atoms with Crippen molar-refractivity contribution in [3.8, 4) is 111 Å². The monoisotopic (exact) mass is 1020 g/mol. The fraction of sp³-hybridized carbons (Fsp3) is 0.0294. The van der Waals surface area contributed by atoms with E-state index in [1.165, 1.54) is 0 Å². The first-order valence-electron chi connectivity index (χ1n) is 24.9. The molecule has 0 spiro atoms. The Labute approximate surface area is 457 Å². The SMILES string of the molecule is N#CC1=C(c2ccc3c(c2)c2cc(-c4ccc(C#N)cc4C#N)ccc2n3-c2cc(-c3ccncc3)c(C#N)cc2-n2c3ccc(-c4ccc(C#N)cc4C#N)cc3c3cc(-c4ccc(C#N)cc4C#N)ccc32)C=CC(C#N)C1. The zero-order chi connectivity index (χ0) is 55.2. The van der Waals surface area contributed by atoms with Crippen molar-refractivity contribution in [2.24, 2.45) is 5.92 Å². The van der Waals surface area contributed by atoms with Crippen molar-refractivity contribution in [3.63, 3.8) is 0 Å². The molecular formula is C68H32N12. The summed E-state index contributed by atoms with van der Waals surface area (Å²) in [6, 6.07) is 66.7. The van der Waals surface area contributed by atoms with Gasteiger partial charge in [0.15, 0.2) is 0 Å². The van der Waals surface area contributed by atoms with Crippen LogP contribution in [0.25, 0.3) is 105 Å². The molecule has 0 aliphatic heterocycles. The van der Waals surface area contributed by atoms with E-state index < -0.39 is 5.92 Å². The summed E-state index contributed by atoms with van der Waals surface area (Å²) in [5.74, 6) is -0.441. The molecular weight excluding hydrogens is 985 g/mol. The van der Waals surface area contributed by atoms with Crippen LogP contribution in [-0.4, -0.2) is 14.1 Å². The maximum Gasteiger partial charge on any atom is 0.0998 e. The number of hydrogen-bond donors (Lipinski definition) is 0. The molecule has 364 valence electrons. The Hall–Kier alpha value is -12.6. The number of nitriles is 9. The third kappa shape index (κ3) is 7.89. The summed E-state index contributed by atoms with van der Waals surface area (Å²) >= 11 is 0. The van der Waals surface area contributed by atoms with Gasteiger partial charge in [0.2, 0.25) is 0 Å². The number of allylic oxidation sites excluding steroid dienone is 4. The summed E-state index contributed by atoms with van der Waals surface area (Å²) in [5.41, 5.74) is 14.0. The summed E-state index contributed by atoms with van der Waals surface area (Å²) in [5, 5.41) is 94.8. The van der Waals surface area contributed by atoms with Crippen molar-refractivity contribution in [3.05, 3.63) is 226 Å². The summed E-state index contributed by atoms with van der Waals surface area (Å²) in [7, 11) is 0. The molecule has 1 unspecified atom stereocenters. The lowest BCUT2D eigenvalue weighted by Gasteiger charge is -2.20. The van der Waals surface area contributed by atoms with Crippen LogP contribution in [0.5, 0.6) is 0 Å². The van der Waals surface area contributed by atoms with Gasteiger partial charge in [-0.1, -0.05) is 54.6 Å². The van der Waals surface area contributed by atoms with Crippen molar-refractivity contribution in [2.45, 2.75) is 6.42 Å². The normalized spacial score (nSPS) is 12.6. The minimum atomic E-state index is -0.441. The third-order valence-electron chi connectivity index (χ3n) is 14.8. The fourth-order valence-corrected chi connectivity index (χ4v) is 11.1. The van der Waals surface area contributed by atoms with Crippen LogP contribution < -0.4 is 0 Å². The topological polar surface area (TPSA) is 237 Å². The van der Waals surface area contributed by atoms with Crippen molar-refractivity contribution in [1.29, 1.82) is 47.4 Å². The summed E-state index contributed by atoms with van der Waals surface area (Å²) in [4.78, 5) is 4.29. The number of fused-ring (bicyclic) bond motifs is 6. The Bertz CT molecular complexity index is 4910. The van der Waals surface area contributed by atoms with Crippen LogP contribution >= 0.6 is 0 Å². The molecule has 80 heavy (non-hydrogen) atoms. The van der Waals surface area contributed by atoms with Crippen molar-refractivity contribution in [2.75, 3.05) is 0 Å². The molecule has 0 bridgehead atoms. The Morgan fingerprint density at radius 2 is 0.762 bits per heavy atom. The molecule has 0 N–H and O–H groups in total. The van der Waals surface area contributed by atoms with Crippen LogP contribution in [0.2, 0.25) is 0 Å². The smallest absolute Gasteiger partial charge is 0.0998 e. The van der Waals surface area contributed by atoms with Gasteiger partial charge in [0.05, 0.1) is 133 Å². The highest BCUT2D eigenvalue weighted by molar-refractivity contribution is 6.14. The lowest BCUT2D eigenvalue weighted by molar-refractivity contribution is 0.818. The van der Waals surface area contributed by atoms with Crippen molar-refractivity contribution < 1.29 is 0 Å². The molecule has 3 heterocycles. The molecule has 12 heteroatoms. The second kappa shape index (κ2) is 19.6. The highest BCUT2D eigenvalue weighted by Crippen LogP contribution is 2.45. The molecule has 0 saturated heterocycles. The van der Waals surface area contributed by atoms with Gasteiger partial charge in [-0.3, -0.25) is 4.98 Å². The number of pyridine rings is 1. The number of rotatable bonds is 7. The Kier molecular flexibility index (Phi) is 11.8. The van der Waals surface area contributed by atoms with E-state index in [1.807, 2.05) is 109 Å². The van der Waals surface area contributed by atoms with Crippen LogP contribution in [0.4, 0.5) is 0 Å². The van der Waals surface area contributed by atoms with Gasteiger partial charge in [0, 0.05) is 51.5 Å². The van der Waals surface area contributed by atoms with Crippen LogP contribution in [0, 0.1) is 108 Å². The lowest BCUT2D eigenvalue weighted by Crippen LogP contribution is -2.06. The molecule has 1 aliphatic rings. The Balaban J connectivity index is 1.20. The second-order valence-corrected chi connectivity index (χ2v) is 19.1. The Morgan fingerprint density at radius 3 is 1.16 bits per heavy atom. The first kappa shape index (κ1) is 48.3. The zero-order valence-electron chi connectivity index (χ0n) is 41.9. The Morgan fingerprint density at radius 1 is 0.362 bits per heavy atom. The van der Waals surface area contributed by atoms with Crippen molar-refractivity contribution >= 4 is 49.2 Å². The molecule has 0 saturated carbocycles. The highest BCUT2D eigenvalue weighted by atomic mass is 15.1. The first-order valence-corrected chi connectivity index (χ1v) is 24.9. The van der Waals surface area contributed by atoms with E-state index >= 15 is 0 Å². The van der Waals surface area contributed by atoms with Gasteiger partial charge in [-0.05, 0) is 159 Å². The van der Waals surface area contributed by atoms with Gasteiger partial charge in [-0.15, -0.1) is 0 Å². The fourth-order valence-electron chi connectivity index (χ4n) is 11.1. The van der Waals surface area contributed by atoms with Crippen molar-refractivity contribution in [1.82, 2.24) is 14.1 Å². The zero-order valence-corrected chi connectivity index (χ0v) is 41.9. The molecule has 12 nitrogen and oxygen atoms in total. The van der Waals surface area contributed by atoms with Gasteiger partial charge >= 0.3 is 0 Å². The van der Waals surface area contributed by atoms with E-state index in [-0.39, 0.29) is 6.42 Å². The molecule has 3 aromatic heterocycles. The highest BCUT2D eigenvalue weighted by Gasteiger charge is 2.26. The standard InChI is InChI=1S/C68H32N12/c69-31-40-1-9-54(49(21-40)35-73)45-5-13-63-59(25-45)60-26-46(55-10-2-41(32-70)22-50(55)36-74)6-14-64(60)79(63)67-29-53(39-77)58(44-17-19-78-20-18-44)30-68(67)80-65-15-7-47(56-11-3-42(33-71)23-51(56)37-75)27-61(65)62-28-48(8-16-66(62)80)57-12-4-43(34-72)24-52(57)38-76/h1-23,25-30,43H,24H2. The molecule has 0 amide bonds. The van der Waals surface area contributed by atoms with Gasteiger partial charge in [-0.2, -0.15) is 47.4 Å². The molecule has 12 rings (SSSR count). The number of benzene rings is 8. The van der Waals surface area contributed by atoms with Crippen LogP contribution in [0.3, 0.4) is 0 Å². The third-order valence-corrected chi connectivity index (χ3v) is 14.8. The van der Waals surface area contributed by atoms with Crippen LogP contribution in [0.15, 0.2) is 182 Å². The lowest BCUT2D eigenvalue weighted by atomic mass is 9.87. The maximum atomic E-state index is 11.2. The van der Waals surface area contributed by atoms with Crippen LogP contribution in [-0.2, 0) is 0 Å². The summed E-state index contributed by atoms with van der Waals surface area (Å²) in [6.45, 7) is 0. The molecule has 0 radical (unpaired) electrons. The minimum absolute atomic E-state index is 0.270. The van der Waals surface area contributed by atoms with E-state index in [4.69, 9.17) is 0 Å². The van der Waals surface area contributed by atoms with E-state index in [1.54, 1.807) is 67.0 Å². The maximum absolute atomic E-state index is 11.2. The predicted molar refractivity (Wildman–Crippen MR) is 303 cm³/mol. The molecule has 1 atom stereocenters. The van der Waals surface area contributed by atoms with Crippen LogP contribution in [0.1, 0.15) is 50.9 Å². The number of nitrogens with zero attached hydrogens (tertiary/aromatic N) is 12. The van der Waals surface area contributed by atoms with Gasteiger partial charge in [0.25, 0.3) is 0 Å². The number of aromatic nitrogens is 3. The molecule has 11 aromatic rings. The average Bonchev–Trinajstić information content (AvgIpc) is 4.24. The van der Waals surface area contributed by atoms with E-state index in [0.717, 1.165) is 60.3 Å². The largest absolute Gasteiger partial charge is 0.307 e. The summed E-state index contributed by atoms with van der Waals surface area (Å²) < 4.78 is 4.26. The minimum Gasteiger partial charge on any atom is -0.307 e. The second-order valence-electron chi connectivity index (χ2n) is 19.1. The quantitative estimate of drug-likeness (QED) is 0.146. The van der Waals surface area contributed by atoms with E-state index in [2.05, 4.69) is 68.7 Å². The molecule has 8 aromatic carbocycles. The van der Waals surface area contributed by atoms with E-state index in [0.29, 0.717) is 94.8 Å². The first-order chi connectivity index (χ1) is 39.2. The average molecular weight is 1020 g/mol. The van der Waals surface area contributed by atoms with Gasteiger partial charge in [0.1, 0.15) is 0 Å². The number of hydrogen-bond acceptors (Lipinski definition) is 10. The summed E-state index contributed by atoms with van der Waals surface area (Å²) in [6.07, 6.45) is 7.27. The van der Waals surface area contributed by atoms with Gasteiger partial charge in [-0.25, -0.2) is 0 Å². The molecule has 1 aliphatic carbocycles. The van der Waals surface area contributed by atoms with Gasteiger partial charge < -0.3 is 9.13 Å². The predicted octanol–water partition coefficient (Wildman–Crippen LogP) is 14.4. The van der Waals surface area contributed by atoms with E-state index in [9.17, 15) is 47.4 Å².